The average Bonchev–Trinajstić information content (AvgIpc) is 3.22. The molecule has 1 atom stereocenters. The lowest BCUT2D eigenvalue weighted by Gasteiger charge is -2.26. The average molecular weight is 382 g/mol. The van der Waals surface area contributed by atoms with E-state index in [1.165, 1.54) is 0 Å². The van der Waals surface area contributed by atoms with Crippen LogP contribution in [0.25, 0.3) is 11.3 Å². The van der Waals surface area contributed by atoms with Crippen molar-refractivity contribution in [3.63, 3.8) is 0 Å². The van der Waals surface area contributed by atoms with Crippen molar-refractivity contribution in [3.05, 3.63) is 70.4 Å². The Hall–Kier alpha value is -2.79. The van der Waals surface area contributed by atoms with Crippen molar-refractivity contribution in [1.29, 1.82) is 0 Å². The van der Waals surface area contributed by atoms with Gasteiger partial charge in [-0.25, -0.2) is 0 Å². The Balaban J connectivity index is 1.89. The maximum Gasteiger partial charge on any atom is 0.273 e. The number of carbonyl (C=O) groups is 1. The fraction of sp³-hybridized carbons (Fsp3) is 0.238. The van der Waals surface area contributed by atoms with Crippen LogP contribution in [0, 0.1) is 0 Å². The van der Waals surface area contributed by atoms with E-state index in [9.17, 15) is 9.90 Å². The molecule has 0 bridgehead atoms. The first-order valence-electron chi connectivity index (χ1n) is 9.05. The number of amides is 1. The van der Waals surface area contributed by atoms with E-state index in [0.29, 0.717) is 28.5 Å². The van der Waals surface area contributed by atoms with Crippen molar-refractivity contribution in [2.45, 2.75) is 25.8 Å². The summed E-state index contributed by atoms with van der Waals surface area (Å²) in [5.74, 6) is 0.0209. The molecule has 1 unspecified atom stereocenters. The second-order valence-electron chi connectivity index (χ2n) is 6.69. The number of carbonyl (C=O) groups excluding carboxylic acids is 1. The quantitative estimate of drug-likeness (QED) is 0.668. The topological polar surface area (TPSA) is 69.2 Å². The second kappa shape index (κ2) is 7.08. The van der Waals surface area contributed by atoms with Crippen LogP contribution in [0.1, 0.15) is 47.4 Å². The van der Waals surface area contributed by atoms with Gasteiger partial charge in [0.25, 0.3) is 5.91 Å². The van der Waals surface area contributed by atoms with E-state index in [2.05, 4.69) is 17.1 Å². The van der Waals surface area contributed by atoms with Crippen molar-refractivity contribution < 1.29 is 9.90 Å². The zero-order chi connectivity index (χ0) is 19.0. The van der Waals surface area contributed by atoms with Crippen molar-refractivity contribution in [2.75, 3.05) is 6.54 Å². The molecule has 6 heteroatoms. The third kappa shape index (κ3) is 2.98. The summed E-state index contributed by atoms with van der Waals surface area (Å²) < 4.78 is 0. The van der Waals surface area contributed by atoms with Crippen LogP contribution in [0.5, 0.6) is 5.75 Å². The summed E-state index contributed by atoms with van der Waals surface area (Å²) in [4.78, 5) is 14.9. The van der Waals surface area contributed by atoms with Crippen LogP contribution < -0.4 is 0 Å². The van der Waals surface area contributed by atoms with E-state index < -0.39 is 0 Å². The lowest BCUT2D eigenvalue weighted by Crippen LogP contribution is -2.30. The molecule has 1 aromatic heterocycles. The monoisotopic (exact) mass is 381 g/mol. The number of hydrogen-bond donors (Lipinski definition) is 2. The van der Waals surface area contributed by atoms with Crippen LogP contribution in [0.15, 0.2) is 48.5 Å². The van der Waals surface area contributed by atoms with Gasteiger partial charge >= 0.3 is 0 Å². The Morgan fingerprint density at radius 1 is 1.22 bits per heavy atom. The van der Waals surface area contributed by atoms with Gasteiger partial charge in [0.05, 0.1) is 6.04 Å². The highest BCUT2D eigenvalue weighted by Crippen LogP contribution is 2.44. The van der Waals surface area contributed by atoms with Gasteiger partial charge in [-0.15, -0.1) is 0 Å². The van der Waals surface area contributed by atoms with Crippen molar-refractivity contribution in [1.82, 2.24) is 15.1 Å². The number of rotatable bonds is 5. The third-order valence-corrected chi connectivity index (χ3v) is 5.18. The Morgan fingerprint density at radius 2 is 2.00 bits per heavy atom. The van der Waals surface area contributed by atoms with Gasteiger partial charge in [0.1, 0.15) is 17.1 Å². The molecule has 27 heavy (non-hydrogen) atoms. The summed E-state index contributed by atoms with van der Waals surface area (Å²) in [5.41, 5.74) is 3.37. The molecule has 0 saturated heterocycles. The second-order valence-corrected chi connectivity index (χ2v) is 7.12. The zero-order valence-corrected chi connectivity index (χ0v) is 15.7. The number of phenols is 1. The van der Waals surface area contributed by atoms with Gasteiger partial charge in [-0.2, -0.15) is 5.10 Å². The molecule has 138 valence electrons. The Bertz CT molecular complexity index is 984. The first kappa shape index (κ1) is 17.6. The fourth-order valence-electron chi connectivity index (χ4n) is 3.64. The number of phenolic OH excluding ortho intramolecular Hbond substituents is 1. The summed E-state index contributed by atoms with van der Waals surface area (Å²) in [6, 6.07) is 14.5. The van der Waals surface area contributed by atoms with Crippen molar-refractivity contribution >= 4 is 17.5 Å². The summed E-state index contributed by atoms with van der Waals surface area (Å²) in [6.07, 6.45) is 1.92. The lowest BCUT2D eigenvalue weighted by molar-refractivity contribution is 0.0741. The van der Waals surface area contributed by atoms with Crippen LogP contribution in [-0.2, 0) is 0 Å². The smallest absolute Gasteiger partial charge is 0.273 e. The predicted octanol–water partition coefficient (Wildman–Crippen LogP) is 4.78. The van der Waals surface area contributed by atoms with Gasteiger partial charge in [0, 0.05) is 22.7 Å². The Morgan fingerprint density at radius 3 is 2.74 bits per heavy atom. The standard InChI is InChI=1S/C21H20ClN3O2/c1-2-3-11-25-20(13-7-5-4-6-8-13)17-18(23-24-19(17)21(25)27)15-12-14(22)9-10-16(15)26/h4-10,12,20,26H,2-3,11H2,1H3,(H,23,24). The fourth-order valence-corrected chi connectivity index (χ4v) is 3.81. The zero-order valence-electron chi connectivity index (χ0n) is 14.9. The molecule has 1 amide bonds. The highest BCUT2D eigenvalue weighted by atomic mass is 35.5. The van der Waals surface area contributed by atoms with E-state index in [1.807, 2.05) is 35.2 Å². The van der Waals surface area contributed by atoms with E-state index in [-0.39, 0.29) is 17.7 Å². The predicted molar refractivity (Wildman–Crippen MR) is 105 cm³/mol. The number of aromatic hydroxyl groups is 1. The number of nitrogens with zero attached hydrogens (tertiary/aromatic N) is 2. The van der Waals surface area contributed by atoms with E-state index >= 15 is 0 Å². The molecular weight excluding hydrogens is 362 g/mol. The molecule has 0 aliphatic carbocycles. The van der Waals surface area contributed by atoms with Crippen LogP contribution in [0.4, 0.5) is 0 Å². The Kier molecular flexibility index (Phi) is 4.62. The SMILES string of the molecule is CCCCN1C(=O)c2[nH]nc(-c3cc(Cl)ccc3O)c2C1c1ccccc1. The maximum absolute atomic E-state index is 13.0. The molecule has 1 aliphatic rings. The van der Waals surface area contributed by atoms with Crippen molar-refractivity contribution in [3.8, 4) is 17.0 Å². The number of hydrogen-bond acceptors (Lipinski definition) is 3. The molecular formula is C21H20ClN3O2. The number of benzene rings is 2. The number of nitrogens with one attached hydrogen (secondary N) is 1. The number of fused-ring (bicyclic) bond motifs is 1. The maximum atomic E-state index is 13.0. The van der Waals surface area contributed by atoms with Crippen LogP contribution >= 0.6 is 11.6 Å². The Labute approximate surface area is 162 Å². The lowest BCUT2D eigenvalue weighted by atomic mass is 9.95. The van der Waals surface area contributed by atoms with Crippen LogP contribution in [0.2, 0.25) is 5.02 Å². The van der Waals surface area contributed by atoms with Gasteiger partial charge in [-0.1, -0.05) is 55.3 Å². The summed E-state index contributed by atoms with van der Waals surface area (Å²) >= 11 is 6.14. The molecule has 2 N–H and O–H groups in total. The largest absolute Gasteiger partial charge is 0.507 e. The summed E-state index contributed by atoms with van der Waals surface area (Å²) in [6.45, 7) is 2.77. The number of aromatic nitrogens is 2. The van der Waals surface area contributed by atoms with Crippen LogP contribution in [0.3, 0.4) is 0 Å². The minimum Gasteiger partial charge on any atom is -0.507 e. The molecule has 2 aromatic carbocycles. The summed E-state index contributed by atoms with van der Waals surface area (Å²) in [5, 5.41) is 18.1. The van der Waals surface area contributed by atoms with Gasteiger partial charge in [-0.3, -0.25) is 9.89 Å². The van der Waals surface area contributed by atoms with Gasteiger partial charge < -0.3 is 10.0 Å². The number of unbranched alkanes of at least 4 members (excludes halogenated alkanes) is 1. The van der Waals surface area contributed by atoms with Gasteiger partial charge in [-0.05, 0) is 30.2 Å². The molecule has 0 fully saturated rings. The molecule has 1 aliphatic heterocycles. The van der Waals surface area contributed by atoms with Gasteiger partial charge in [0.2, 0.25) is 0 Å². The summed E-state index contributed by atoms with van der Waals surface area (Å²) in [7, 11) is 0. The van der Waals surface area contributed by atoms with Crippen molar-refractivity contribution in [2.24, 2.45) is 0 Å². The highest BCUT2D eigenvalue weighted by molar-refractivity contribution is 6.31. The number of aromatic amines is 1. The molecule has 3 aromatic rings. The third-order valence-electron chi connectivity index (χ3n) is 4.95. The highest BCUT2D eigenvalue weighted by Gasteiger charge is 2.42. The van der Waals surface area contributed by atoms with E-state index in [1.54, 1.807) is 18.2 Å². The first-order chi connectivity index (χ1) is 13.1. The first-order valence-corrected chi connectivity index (χ1v) is 9.42. The molecule has 0 spiro atoms. The normalized spacial score (nSPS) is 16.0. The number of H-pyrrole nitrogens is 1. The molecule has 4 rings (SSSR count). The van der Waals surface area contributed by atoms with E-state index in [4.69, 9.17) is 11.6 Å². The molecule has 2 heterocycles. The minimum atomic E-state index is -0.243. The van der Waals surface area contributed by atoms with Crippen LogP contribution in [-0.4, -0.2) is 32.7 Å². The minimum absolute atomic E-state index is 0.0624. The van der Waals surface area contributed by atoms with E-state index in [0.717, 1.165) is 24.0 Å². The molecule has 5 nitrogen and oxygen atoms in total. The molecule has 0 radical (unpaired) electrons. The molecule has 0 saturated carbocycles. The van der Waals surface area contributed by atoms with Gasteiger partial charge in [0.15, 0.2) is 0 Å². The number of halogens is 1.